The van der Waals surface area contributed by atoms with Crippen molar-refractivity contribution in [2.24, 2.45) is 0 Å². The van der Waals surface area contributed by atoms with Crippen LogP contribution in [-0.2, 0) is 16.0 Å². The van der Waals surface area contributed by atoms with E-state index in [1.165, 1.54) is 12.1 Å². The number of alkyl halides is 3. The molecule has 7 heteroatoms. The van der Waals surface area contributed by atoms with Crippen LogP contribution in [0.15, 0.2) is 24.3 Å². The van der Waals surface area contributed by atoms with Crippen LogP contribution >= 0.6 is 0 Å². The van der Waals surface area contributed by atoms with Crippen molar-refractivity contribution in [3.05, 3.63) is 35.4 Å². The third-order valence-electron chi connectivity index (χ3n) is 3.42. The summed E-state index contributed by atoms with van der Waals surface area (Å²) in [4.78, 5) is 0. The zero-order valence-electron chi connectivity index (χ0n) is 10.9. The van der Waals surface area contributed by atoms with Crippen molar-refractivity contribution in [1.29, 1.82) is 0 Å². The number of hydrogen-bond acceptors (Lipinski definition) is 3. The summed E-state index contributed by atoms with van der Waals surface area (Å²) in [6.07, 6.45) is -3.80. The van der Waals surface area contributed by atoms with E-state index >= 15 is 0 Å². The Morgan fingerprint density at radius 2 is 2.00 bits per heavy atom. The first-order valence-electron chi connectivity index (χ1n) is 6.35. The zero-order chi connectivity index (χ0) is 15.0. The highest BCUT2D eigenvalue weighted by Crippen LogP contribution is 2.31. The molecule has 1 aromatic rings. The average molecular weight is 307 g/mol. The van der Waals surface area contributed by atoms with Gasteiger partial charge in [0.2, 0.25) is 0 Å². The van der Waals surface area contributed by atoms with Gasteiger partial charge in [0.25, 0.3) is 0 Å². The van der Waals surface area contributed by atoms with Crippen molar-refractivity contribution in [1.82, 2.24) is 5.32 Å². The molecule has 0 spiro atoms. The zero-order valence-corrected chi connectivity index (χ0v) is 11.8. The predicted octanol–water partition coefficient (Wildman–Crippen LogP) is 2.54. The summed E-state index contributed by atoms with van der Waals surface area (Å²) in [6, 6.07) is 4.04. The highest BCUT2D eigenvalue weighted by atomic mass is 32.2. The minimum atomic E-state index is -4.42. The Morgan fingerprint density at radius 3 is 2.60 bits per heavy atom. The quantitative estimate of drug-likeness (QED) is 0.913. The second kappa shape index (κ2) is 5.37. The number of halogens is 3. The molecular formula is C13H16F3NO2S. The number of nitrogens with one attached hydrogen (secondary N) is 1. The molecule has 1 fully saturated rings. The van der Waals surface area contributed by atoms with E-state index in [-0.39, 0.29) is 17.5 Å². The van der Waals surface area contributed by atoms with Crippen LogP contribution in [0.1, 0.15) is 30.5 Å². The lowest BCUT2D eigenvalue weighted by Gasteiger charge is -2.31. The molecule has 2 atom stereocenters. The number of rotatable bonds is 2. The molecule has 2 unspecified atom stereocenters. The van der Waals surface area contributed by atoms with Crippen molar-refractivity contribution in [3.63, 3.8) is 0 Å². The SMILES string of the molecule is CCC1CS(=O)(=O)CC(c2cccc(C(F)(F)F)c2)N1. The molecule has 1 N–H and O–H groups in total. The van der Waals surface area contributed by atoms with E-state index in [2.05, 4.69) is 5.32 Å². The van der Waals surface area contributed by atoms with Crippen molar-refractivity contribution in [2.45, 2.75) is 31.6 Å². The van der Waals surface area contributed by atoms with Crippen LogP contribution in [0.4, 0.5) is 13.2 Å². The van der Waals surface area contributed by atoms with Gasteiger partial charge < -0.3 is 5.32 Å². The molecule has 1 aliphatic heterocycles. The summed E-state index contributed by atoms with van der Waals surface area (Å²) in [7, 11) is -3.23. The molecule has 0 aliphatic carbocycles. The Hall–Kier alpha value is -1.08. The lowest BCUT2D eigenvalue weighted by atomic mass is 10.0. The standard InChI is InChI=1S/C13H16F3NO2S/c1-2-11-7-20(18,19)8-12(17-11)9-4-3-5-10(6-9)13(14,15)16/h3-6,11-12,17H,2,7-8H2,1H3. The highest BCUT2D eigenvalue weighted by Gasteiger charge is 2.34. The number of hydrogen-bond donors (Lipinski definition) is 1. The molecule has 0 bridgehead atoms. The number of sulfone groups is 1. The van der Waals surface area contributed by atoms with Crippen LogP contribution in [0.5, 0.6) is 0 Å². The summed E-state index contributed by atoms with van der Waals surface area (Å²) in [5.74, 6) is -0.121. The maximum Gasteiger partial charge on any atom is 0.416 e. The average Bonchev–Trinajstić information content (AvgIpc) is 2.36. The molecule has 1 aromatic carbocycles. The van der Waals surface area contributed by atoms with Gasteiger partial charge in [0.1, 0.15) is 0 Å². The van der Waals surface area contributed by atoms with Crippen LogP contribution in [0.3, 0.4) is 0 Å². The van der Waals surface area contributed by atoms with Gasteiger partial charge in [-0.3, -0.25) is 0 Å². The maximum absolute atomic E-state index is 12.7. The van der Waals surface area contributed by atoms with E-state index in [0.29, 0.717) is 12.0 Å². The van der Waals surface area contributed by atoms with Crippen molar-refractivity contribution < 1.29 is 21.6 Å². The second-order valence-corrected chi connectivity index (χ2v) is 7.18. The van der Waals surface area contributed by atoms with Gasteiger partial charge in [-0.2, -0.15) is 13.2 Å². The maximum atomic E-state index is 12.7. The Balaban J connectivity index is 2.31. The van der Waals surface area contributed by atoms with Crippen molar-refractivity contribution in [2.75, 3.05) is 11.5 Å². The van der Waals surface area contributed by atoms with Crippen LogP contribution in [0.25, 0.3) is 0 Å². The molecule has 0 amide bonds. The Labute approximate surface area is 116 Å². The minimum absolute atomic E-state index is 0.0406. The van der Waals surface area contributed by atoms with Gasteiger partial charge in [0, 0.05) is 12.1 Å². The van der Waals surface area contributed by atoms with E-state index in [0.717, 1.165) is 12.1 Å². The first-order chi connectivity index (χ1) is 9.21. The molecule has 1 aliphatic rings. The lowest BCUT2D eigenvalue weighted by molar-refractivity contribution is -0.137. The van der Waals surface area contributed by atoms with E-state index in [1.54, 1.807) is 0 Å². The van der Waals surface area contributed by atoms with E-state index in [9.17, 15) is 21.6 Å². The summed E-state index contributed by atoms with van der Waals surface area (Å²) >= 11 is 0. The topological polar surface area (TPSA) is 46.2 Å². The van der Waals surface area contributed by atoms with Crippen LogP contribution < -0.4 is 5.32 Å². The van der Waals surface area contributed by atoms with Crippen molar-refractivity contribution in [3.8, 4) is 0 Å². The third kappa shape index (κ3) is 3.52. The lowest BCUT2D eigenvalue weighted by Crippen LogP contribution is -2.46. The molecule has 112 valence electrons. The van der Waals surface area contributed by atoms with Gasteiger partial charge in [0.15, 0.2) is 9.84 Å². The molecule has 0 aromatic heterocycles. The van der Waals surface area contributed by atoms with Crippen molar-refractivity contribution >= 4 is 9.84 Å². The van der Waals surface area contributed by atoms with Gasteiger partial charge in [-0.15, -0.1) is 0 Å². The molecule has 0 radical (unpaired) electrons. The highest BCUT2D eigenvalue weighted by molar-refractivity contribution is 7.91. The normalized spacial score (nSPS) is 26.4. The first kappa shape index (κ1) is 15.3. The molecule has 2 rings (SSSR count). The summed E-state index contributed by atoms with van der Waals surface area (Å²) in [5, 5.41) is 3.11. The van der Waals surface area contributed by atoms with Gasteiger partial charge in [-0.1, -0.05) is 19.1 Å². The fourth-order valence-electron chi connectivity index (χ4n) is 2.37. The molecule has 1 heterocycles. The predicted molar refractivity (Wildman–Crippen MR) is 70.1 cm³/mol. The number of benzene rings is 1. The summed E-state index contributed by atoms with van der Waals surface area (Å²) in [6.45, 7) is 1.85. The Bertz CT molecular complexity index is 584. The van der Waals surface area contributed by atoms with Crippen LogP contribution in [0.2, 0.25) is 0 Å². The van der Waals surface area contributed by atoms with E-state index in [1.807, 2.05) is 6.92 Å². The smallest absolute Gasteiger partial charge is 0.305 e. The molecular weight excluding hydrogens is 291 g/mol. The Morgan fingerprint density at radius 1 is 1.30 bits per heavy atom. The molecule has 20 heavy (non-hydrogen) atoms. The van der Waals surface area contributed by atoms with Gasteiger partial charge in [-0.05, 0) is 24.1 Å². The fourth-order valence-corrected chi connectivity index (χ4v) is 4.25. The largest absolute Gasteiger partial charge is 0.416 e. The molecule has 0 saturated carbocycles. The third-order valence-corrected chi connectivity index (χ3v) is 5.17. The van der Waals surface area contributed by atoms with E-state index in [4.69, 9.17) is 0 Å². The van der Waals surface area contributed by atoms with Gasteiger partial charge >= 0.3 is 6.18 Å². The molecule has 3 nitrogen and oxygen atoms in total. The van der Waals surface area contributed by atoms with Crippen LogP contribution in [-0.4, -0.2) is 26.0 Å². The Kier molecular flexibility index (Phi) is 4.11. The van der Waals surface area contributed by atoms with Gasteiger partial charge in [0.05, 0.1) is 17.1 Å². The monoisotopic (exact) mass is 307 g/mol. The van der Waals surface area contributed by atoms with E-state index < -0.39 is 27.6 Å². The molecule has 1 saturated heterocycles. The second-order valence-electron chi connectivity index (χ2n) is 5.02. The minimum Gasteiger partial charge on any atom is -0.305 e. The van der Waals surface area contributed by atoms with Crippen LogP contribution in [0, 0.1) is 0 Å². The fraction of sp³-hybridized carbons (Fsp3) is 0.538. The first-order valence-corrected chi connectivity index (χ1v) is 8.17. The summed E-state index contributed by atoms with van der Waals surface area (Å²) < 4.78 is 61.7. The summed E-state index contributed by atoms with van der Waals surface area (Å²) in [5.41, 5.74) is -0.394. The van der Waals surface area contributed by atoms with Gasteiger partial charge in [-0.25, -0.2) is 8.42 Å².